The SMILES string of the molecule is Cc1ccc(F)c(NS(=O)(=O)c2ccc(F)c(N)c2)c1. The molecule has 2 rings (SSSR count). The first-order valence-electron chi connectivity index (χ1n) is 5.63. The number of rotatable bonds is 3. The minimum absolute atomic E-state index is 0.173. The van der Waals surface area contributed by atoms with Crippen LogP contribution in [0.3, 0.4) is 0 Å². The fraction of sp³-hybridized carbons (Fsp3) is 0.0769. The molecule has 7 heteroatoms. The van der Waals surface area contributed by atoms with Gasteiger partial charge in [0.25, 0.3) is 10.0 Å². The Kier molecular flexibility index (Phi) is 3.63. The first-order chi connectivity index (χ1) is 9.29. The van der Waals surface area contributed by atoms with Gasteiger partial charge in [0.15, 0.2) is 0 Å². The van der Waals surface area contributed by atoms with Gasteiger partial charge in [-0.25, -0.2) is 17.2 Å². The molecule has 2 aromatic rings. The summed E-state index contributed by atoms with van der Waals surface area (Å²) in [7, 11) is -4.03. The number of hydrogen-bond acceptors (Lipinski definition) is 3. The van der Waals surface area contributed by atoms with Crippen LogP contribution in [0.5, 0.6) is 0 Å². The summed E-state index contributed by atoms with van der Waals surface area (Å²) in [4.78, 5) is -0.239. The molecular weight excluding hydrogens is 286 g/mol. The van der Waals surface area contributed by atoms with E-state index in [9.17, 15) is 17.2 Å². The van der Waals surface area contributed by atoms with Gasteiger partial charge in [-0.1, -0.05) is 6.07 Å². The lowest BCUT2D eigenvalue weighted by Gasteiger charge is -2.10. The van der Waals surface area contributed by atoms with E-state index in [1.54, 1.807) is 6.92 Å². The topological polar surface area (TPSA) is 72.2 Å². The molecule has 0 aliphatic carbocycles. The summed E-state index contributed by atoms with van der Waals surface area (Å²) in [5.41, 5.74) is 5.55. The standard InChI is InChI=1S/C13H12F2N2O2S/c1-8-2-4-11(15)13(6-8)17-20(18,19)9-3-5-10(14)12(16)7-9/h2-7,17H,16H2,1H3. The summed E-state index contributed by atoms with van der Waals surface area (Å²) in [6.45, 7) is 1.70. The first kappa shape index (κ1) is 14.3. The lowest BCUT2D eigenvalue weighted by atomic mass is 10.2. The molecule has 0 saturated carbocycles. The molecule has 0 bridgehead atoms. The smallest absolute Gasteiger partial charge is 0.262 e. The molecule has 4 nitrogen and oxygen atoms in total. The Labute approximate surface area is 115 Å². The van der Waals surface area contributed by atoms with Crippen molar-refractivity contribution in [2.45, 2.75) is 11.8 Å². The van der Waals surface area contributed by atoms with Crippen molar-refractivity contribution in [2.24, 2.45) is 0 Å². The van der Waals surface area contributed by atoms with Crippen molar-refractivity contribution in [3.05, 3.63) is 53.6 Å². The van der Waals surface area contributed by atoms with Gasteiger partial charge >= 0.3 is 0 Å². The van der Waals surface area contributed by atoms with Gasteiger partial charge in [0.1, 0.15) is 11.6 Å². The number of anilines is 2. The predicted octanol–water partition coefficient (Wildman–Crippen LogP) is 2.66. The van der Waals surface area contributed by atoms with Crippen molar-refractivity contribution >= 4 is 21.4 Å². The Bertz CT molecular complexity index is 761. The summed E-state index contributed by atoms with van der Waals surface area (Å²) < 4.78 is 52.8. The van der Waals surface area contributed by atoms with Crippen LogP contribution in [0.15, 0.2) is 41.3 Å². The minimum atomic E-state index is -4.03. The molecule has 0 saturated heterocycles. The zero-order chi connectivity index (χ0) is 14.9. The van der Waals surface area contributed by atoms with Crippen LogP contribution in [0.25, 0.3) is 0 Å². The number of hydrogen-bond donors (Lipinski definition) is 2. The fourth-order valence-corrected chi connectivity index (χ4v) is 2.70. The van der Waals surface area contributed by atoms with Crippen molar-refractivity contribution in [2.75, 3.05) is 10.5 Å². The molecular formula is C13H12F2N2O2S. The van der Waals surface area contributed by atoms with E-state index in [2.05, 4.69) is 4.72 Å². The summed E-state index contributed by atoms with van der Waals surface area (Å²) in [6.07, 6.45) is 0. The lowest BCUT2D eigenvalue weighted by molar-refractivity contribution is 0.597. The van der Waals surface area contributed by atoms with E-state index in [1.165, 1.54) is 12.1 Å². The Morgan fingerprint density at radius 1 is 1.05 bits per heavy atom. The molecule has 2 aromatic carbocycles. The monoisotopic (exact) mass is 298 g/mol. The summed E-state index contributed by atoms with van der Waals surface area (Å²) in [5.74, 6) is -1.42. The van der Waals surface area contributed by atoms with Crippen LogP contribution in [0.4, 0.5) is 20.2 Å². The second-order valence-electron chi connectivity index (χ2n) is 4.27. The van der Waals surface area contributed by atoms with Crippen LogP contribution in [0.2, 0.25) is 0 Å². The van der Waals surface area contributed by atoms with Crippen molar-refractivity contribution in [3.63, 3.8) is 0 Å². The van der Waals surface area contributed by atoms with Crippen molar-refractivity contribution in [1.82, 2.24) is 0 Å². The molecule has 0 aromatic heterocycles. The molecule has 20 heavy (non-hydrogen) atoms. The van der Waals surface area contributed by atoms with Gasteiger partial charge < -0.3 is 5.73 Å². The highest BCUT2D eigenvalue weighted by Crippen LogP contribution is 2.22. The molecule has 0 unspecified atom stereocenters. The summed E-state index contributed by atoms with van der Waals surface area (Å²) in [6, 6.07) is 7.01. The third kappa shape index (κ3) is 2.88. The molecule has 0 fully saturated rings. The highest BCUT2D eigenvalue weighted by atomic mass is 32.2. The number of aryl methyl sites for hydroxylation is 1. The van der Waals surface area contributed by atoms with Crippen molar-refractivity contribution in [1.29, 1.82) is 0 Å². The summed E-state index contributed by atoms with van der Waals surface area (Å²) >= 11 is 0. The maximum Gasteiger partial charge on any atom is 0.262 e. The molecule has 0 amide bonds. The Hall–Kier alpha value is -2.15. The van der Waals surface area contributed by atoms with Crippen molar-refractivity contribution < 1.29 is 17.2 Å². The van der Waals surface area contributed by atoms with E-state index in [-0.39, 0.29) is 16.3 Å². The van der Waals surface area contributed by atoms with Gasteiger partial charge in [-0.2, -0.15) is 0 Å². The number of nitrogens with one attached hydrogen (secondary N) is 1. The van der Waals surface area contributed by atoms with Crippen molar-refractivity contribution in [3.8, 4) is 0 Å². The molecule has 0 radical (unpaired) electrons. The number of nitrogen functional groups attached to an aromatic ring is 1. The minimum Gasteiger partial charge on any atom is -0.396 e. The van der Waals surface area contributed by atoms with E-state index >= 15 is 0 Å². The molecule has 0 atom stereocenters. The van der Waals surface area contributed by atoms with Gasteiger partial charge in [0.2, 0.25) is 0 Å². The average Bonchev–Trinajstić information content (AvgIpc) is 2.36. The first-order valence-corrected chi connectivity index (χ1v) is 7.12. The van der Waals surface area contributed by atoms with Gasteiger partial charge in [-0.05, 0) is 42.8 Å². The fourth-order valence-electron chi connectivity index (χ4n) is 1.61. The number of sulfonamides is 1. The Morgan fingerprint density at radius 2 is 1.70 bits per heavy atom. The molecule has 106 valence electrons. The van der Waals surface area contributed by atoms with Crippen LogP contribution in [0.1, 0.15) is 5.56 Å². The molecule has 0 spiro atoms. The van der Waals surface area contributed by atoms with E-state index in [0.717, 1.165) is 24.3 Å². The second kappa shape index (κ2) is 5.09. The van der Waals surface area contributed by atoms with Crippen LogP contribution >= 0.6 is 0 Å². The highest BCUT2D eigenvalue weighted by Gasteiger charge is 2.17. The van der Waals surface area contributed by atoms with Gasteiger partial charge in [-0.15, -0.1) is 0 Å². The van der Waals surface area contributed by atoms with Crippen LogP contribution in [-0.2, 0) is 10.0 Å². The number of halogens is 2. The molecule has 0 heterocycles. The average molecular weight is 298 g/mol. The maximum atomic E-state index is 13.5. The highest BCUT2D eigenvalue weighted by molar-refractivity contribution is 7.92. The number of benzene rings is 2. The van der Waals surface area contributed by atoms with Gasteiger partial charge in [0.05, 0.1) is 16.3 Å². The van der Waals surface area contributed by atoms with Crippen LogP contribution in [-0.4, -0.2) is 8.42 Å². The normalized spacial score (nSPS) is 11.3. The number of nitrogens with two attached hydrogens (primary N) is 1. The van der Waals surface area contributed by atoms with Crippen LogP contribution < -0.4 is 10.5 Å². The Balaban J connectivity index is 2.40. The molecule has 0 aliphatic rings. The predicted molar refractivity (Wildman–Crippen MR) is 72.8 cm³/mol. The van der Waals surface area contributed by atoms with E-state index in [0.29, 0.717) is 5.56 Å². The van der Waals surface area contributed by atoms with E-state index < -0.39 is 21.7 Å². The van der Waals surface area contributed by atoms with E-state index in [4.69, 9.17) is 5.73 Å². The quantitative estimate of drug-likeness (QED) is 0.856. The van der Waals surface area contributed by atoms with Gasteiger partial charge in [-0.3, -0.25) is 4.72 Å². The summed E-state index contributed by atoms with van der Waals surface area (Å²) in [5, 5.41) is 0. The Morgan fingerprint density at radius 3 is 2.35 bits per heavy atom. The van der Waals surface area contributed by atoms with Gasteiger partial charge in [0, 0.05) is 0 Å². The molecule has 3 N–H and O–H groups in total. The zero-order valence-corrected chi connectivity index (χ0v) is 11.3. The molecule has 0 aliphatic heterocycles. The third-order valence-electron chi connectivity index (χ3n) is 2.64. The third-order valence-corrected chi connectivity index (χ3v) is 4.01. The van der Waals surface area contributed by atoms with E-state index in [1.807, 2.05) is 0 Å². The second-order valence-corrected chi connectivity index (χ2v) is 5.95. The largest absolute Gasteiger partial charge is 0.396 e. The zero-order valence-electron chi connectivity index (χ0n) is 10.5. The maximum absolute atomic E-state index is 13.5. The van der Waals surface area contributed by atoms with Crippen LogP contribution in [0, 0.1) is 18.6 Å². The lowest BCUT2D eigenvalue weighted by Crippen LogP contribution is -2.14.